The van der Waals surface area contributed by atoms with Gasteiger partial charge in [0.25, 0.3) is 0 Å². The Bertz CT molecular complexity index is 306. The molecular weight excluding hydrogens is 265 g/mol. The number of hydrogen-bond donors (Lipinski definition) is 0. The van der Waals surface area contributed by atoms with Crippen molar-refractivity contribution in [3.05, 3.63) is 21.8 Å². The van der Waals surface area contributed by atoms with E-state index in [0.29, 0.717) is 10.9 Å². The summed E-state index contributed by atoms with van der Waals surface area (Å²) >= 11 is 9.25. The highest BCUT2D eigenvalue weighted by atomic mass is 79.9. The van der Waals surface area contributed by atoms with Gasteiger partial charge >= 0.3 is 0 Å². The van der Waals surface area contributed by atoms with Crippen LogP contribution in [0.25, 0.3) is 0 Å². The summed E-state index contributed by atoms with van der Waals surface area (Å²) in [5.41, 5.74) is 0. The topological polar surface area (TPSA) is 22.1 Å². The fraction of sp³-hybridized carbons (Fsp3) is 0.500. The molecule has 78 valence electrons. The van der Waals surface area contributed by atoms with Crippen LogP contribution in [0.3, 0.4) is 0 Å². The van der Waals surface area contributed by atoms with Crippen LogP contribution in [0.2, 0.25) is 5.02 Å². The van der Waals surface area contributed by atoms with E-state index in [2.05, 4.69) is 27.8 Å². The predicted octanol–water partition coefficient (Wildman–Crippen LogP) is 4.06. The molecule has 0 fully saturated rings. The minimum Gasteiger partial charge on any atom is -0.474 e. The first-order valence-electron chi connectivity index (χ1n) is 4.61. The van der Waals surface area contributed by atoms with Crippen molar-refractivity contribution in [2.45, 2.75) is 32.8 Å². The molecule has 1 unspecified atom stereocenters. The molecule has 14 heavy (non-hydrogen) atoms. The molecular formula is C10H13BrClNO. The van der Waals surface area contributed by atoms with E-state index >= 15 is 0 Å². The fourth-order valence-electron chi connectivity index (χ4n) is 1.14. The molecule has 1 rings (SSSR count). The number of pyridine rings is 1. The summed E-state index contributed by atoms with van der Waals surface area (Å²) in [6, 6.07) is 1.78. The van der Waals surface area contributed by atoms with Crippen LogP contribution in [0.4, 0.5) is 0 Å². The molecule has 0 saturated heterocycles. The van der Waals surface area contributed by atoms with Crippen molar-refractivity contribution in [2.75, 3.05) is 0 Å². The molecule has 0 spiro atoms. The molecule has 0 bridgehead atoms. The molecule has 1 aromatic rings. The molecule has 0 saturated carbocycles. The zero-order chi connectivity index (χ0) is 10.6. The Labute approximate surface area is 97.8 Å². The Morgan fingerprint density at radius 2 is 2.36 bits per heavy atom. The van der Waals surface area contributed by atoms with Gasteiger partial charge in [0.05, 0.1) is 6.10 Å². The summed E-state index contributed by atoms with van der Waals surface area (Å²) in [5.74, 6) is 0.510. The minimum atomic E-state index is 0.158. The molecule has 1 atom stereocenters. The number of hydrogen-bond acceptors (Lipinski definition) is 2. The zero-order valence-electron chi connectivity index (χ0n) is 8.26. The van der Waals surface area contributed by atoms with Crippen molar-refractivity contribution in [3.8, 4) is 5.88 Å². The fourth-order valence-corrected chi connectivity index (χ4v) is 1.82. The van der Waals surface area contributed by atoms with Crippen molar-refractivity contribution in [1.29, 1.82) is 0 Å². The summed E-state index contributed by atoms with van der Waals surface area (Å²) in [6.07, 6.45) is 3.94. The van der Waals surface area contributed by atoms with E-state index < -0.39 is 0 Å². The third-order valence-corrected chi connectivity index (χ3v) is 2.49. The first-order valence-corrected chi connectivity index (χ1v) is 5.78. The largest absolute Gasteiger partial charge is 0.474 e. The van der Waals surface area contributed by atoms with E-state index in [1.54, 1.807) is 12.3 Å². The van der Waals surface area contributed by atoms with Crippen molar-refractivity contribution >= 4 is 27.5 Å². The van der Waals surface area contributed by atoms with E-state index in [1.807, 2.05) is 6.92 Å². The summed E-state index contributed by atoms with van der Waals surface area (Å²) in [5, 5.41) is 0.544. The third-order valence-electron chi connectivity index (χ3n) is 1.78. The Morgan fingerprint density at radius 3 is 2.93 bits per heavy atom. The summed E-state index contributed by atoms with van der Waals surface area (Å²) in [4.78, 5) is 4.10. The van der Waals surface area contributed by atoms with E-state index in [-0.39, 0.29) is 6.10 Å². The molecule has 1 aromatic heterocycles. The second-order valence-corrected chi connectivity index (χ2v) is 4.48. The summed E-state index contributed by atoms with van der Waals surface area (Å²) in [6.45, 7) is 4.14. The van der Waals surface area contributed by atoms with Gasteiger partial charge in [0.1, 0.15) is 5.02 Å². The predicted molar refractivity (Wildman–Crippen MR) is 61.9 cm³/mol. The Balaban J connectivity index is 2.67. The van der Waals surface area contributed by atoms with Gasteiger partial charge in [0.15, 0.2) is 0 Å². The van der Waals surface area contributed by atoms with Gasteiger partial charge in [-0.3, -0.25) is 0 Å². The summed E-state index contributed by atoms with van der Waals surface area (Å²) < 4.78 is 6.44. The lowest BCUT2D eigenvalue weighted by Crippen LogP contribution is -2.12. The first kappa shape index (κ1) is 11.8. The van der Waals surface area contributed by atoms with Gasteiger partial charge in [-0.05, 0) is 35.3 Å². The van der Waals surface area contributed by atoms with Crippen molar-refractivity contribution in [1.82, 2.24) is 4.98 Å². The molecule has 1 heterocycles. The maximum atomic E-state index is 5.96. The number of nitrogens with zero attached hydrogens (tertiary/aromatic N) is 1. The average Bonchev–Trinajstić information content (AvgIpc) is 2.10. The maximum Gasteiger partial charge on any atom is 0.232 e. The van der Waals surface area contributed by atoms with Gasteiger partial charge in [-0.15, -0.1) is 0 Å². The van der Waals surface area contributed by atoms with Crippen LogP contribution in [-0.4, -0.2) is 11.1 Å². The first-order chi connectivity index (χ1) is 6.63. The van der Waals surface area contributed by atoms with Crippen LogP contribution in [0.15, 0.2) is 16.7 Å². The standard InChI is InChI=1S/C10H13BrClNO/c1-3-4-7(2)14-10-9(12)5-8(11)6-13-10/h5-7H,3-4H2,1-2H3. The molecule has 0 aliphatic carbocycles. The molecule has 2 nitrogen and oxygen atoms in total. The highest BCUT2D eigenvalue weighted by Crippen LogP contribution is 2.26. The minimum absolute atomic E-state index is 0.158. The number of ether oxygens (including phenoxy) is 1. The monoisotopic (exact) mass is 277 g/mol. The zero-order valence-corrected chi connectivity index (χ0v) is 10.6. The van der Waals surface area contributed by atoms with E-state index in [1.165, 1.54) is 0 Å². The van der Waals surface area contributed by atoms with Gasteiger partial charge in [-0.25, -0.2) is 4.98 Å². The third kappa shape index (κ3) is 3.46. The average molecular weight is 279 g/mol. The molecule has 0 amide bonds. The molecule has 0 aliphatic rings. The number of aromatic nitrogens is 1. The highest BCUT2D eigenvalue weighted by Gasteiger charge is 2.08. The van der Waals surface area contributed by atoms with Crippen LogP contribution in [0.1, 0.15) is 26.7 Å². The molecule has 0 aromatic carbocycles. The van der Waals surface area contributed by atoms with E-state index in [4.69, 9.17) is 16.3 Å². The van der Waals surface area contributed by atoms with Gasteiger partial charge in [0, 0.05) is 10.7 Å². The maximum absolute atomic E-state index is 5.96. The van der Waals surface area contributed by atoms with Crippen LogP contribution in [-0.2, 0) is 0 Å². The molecule has 0 radical (unpaired) electrons. The van der Waals surface area contributed by atoms with Gasteiger partial charge in [0.2, 0.25) is 5.88 Å². The molecule has 0 N–H and O–H groups in total. The number of rotatable bonds is 4. The molecule has 0 aliphatic heterocycles. The second-order valence-electron chi connectivity index (χ2n) is 3.16. The number of halogens is 2. The second kappa shape index (κ2) is 5.56. The van der Waals surface area contributed by atoms with Gasteiger partial charge in [-0.2, -0.15) is 0 Å². The quantitative estimate of drug-likeness (QED) is 0.828. The van der Waals surface area contributed by atoms with E-state index in [0.717, 1.165) is 17.3 Å². The lowest BCUT2D eigenvalue weighted by molar-refractivity contribution is 0.201. The van der Waals surface area contributed by atoms with Crippen molar-refractivity contribution < 1.29 is 4.74 Å². The lowest BCUT2D eigenvalue weighted by atomic mass is 10.2. The lowest BCUT2D eigenvalue weighted by Gasteiger charge is -2.13. The van der Waals surface area contributed by atoms with Crippen molar-refractivity contribution in [3.63, 3.8) is 0 Å². The molecule has 4 heteroatoms. The van der Waals surface area contributed by atoms with E-state index in [9.17, 15) is 0 Å². The van der Waals surface area contributed by atoms with Gasteiger partial charge < -0.3 is 4.74 Å². The Morgan fingerprint density at radius 1 is 1.64 bits per heavy atom. The Hall–Kier alpha value is -0.280. The van der Waals surface area contributed by atoms with Gasteiger partial charge in [-0.1, -0.05) is 24.9 Å². The van der Waals surface area contributed by atoms with Crippen LogP contribution in [0, 0.1) is 0 Å². The normalized spacial score (nSPS) is 12.6. The highest BCUT2D eigenvalue weighted by molar-refractivity contribution is 9.10. The van der Waals surface area contributed by atoms with Crippen LogP contribution >= 0.6 is 27.5 Å². The smallest absolute Gasteiger partial charge is 0.232 e. The van der Waals surface area contributed by atoms with Crippen molar-refractivity contribution in [2.24, 2.45) is 0 Å². The van der Waals surface area contributed by atoms with Crippen LogP contribution in [0.5, 0.6) is 5.88 Å². The SMILES string of the molecule is CCCC(C)Oc1ncc(Br)cc1Cl. The Kier molecular flexibility index (Phi) is 4.69. The van der Waals surface area contributed by atoms with Crippen LogP contribution < -0.4 is 4.74 Å². The summed E-state index contributed by atoms with van der Waals surface area (Å²) in [7, 11) is 0.